The maximum Gasteiger partial charge on any atom is 0.271 e. The van der Waals surface area contributed by atoms with Gasteiger partial charge in [-0.3, -0.25) is 20.4 Å². The van der Waals surface area contributed by atoms with Gasteiger partial charge in [-0.2, -0.15) is 0 Å². The summed E-state index contributed by atoms with van der Waals surface area (Å²) in [4.78, 5) is 24.9. The summed E-state index contributed by atoms with van der Waals surface area (Å²) in [6.07, 6.45) is 1.03. The van der Waals surface area contributed by atoms with E-state index < -0.39 is 5.91 Å². The summed E-state index contributed by atoms with van der Waals surface area (Å²) in [6, 6.07) is 14.5. The molecular formula is C17H16Cl2N2O2S. The molecule has 0 aliphatic rings. The largest absolute Gasteiger partial charge is 0.273 e. The van der Waals surface area contributed by atoms with E-state index in [0.717, 1.165) is 5.75 Å². The van der Waals surface area contributed by atoms with Crippen LogP contribution in [0.2, 0.25) is 10.0 Å². The molecule has 24 heavy (non-hydrogen) atoms. The van der Waals surface area contributed by atoms with Crippen molar-refractivity contribution in [2.24, 2.45) is 0 Å². The molecule has 0 spiro atoms. The summed E-state index contributed by atoms with van der Waals surface area (Å²) in [5.41, 5.74) is 4.93. The fourth-order valence-electron chi connectivity index (χ4n) is 1.87. The van der Waals surface area contributed by atoms with Gasteiger partial charge < -0.3 is 0 Å². The molecule has 2 amide bonds. The molecule has 0 aromatic heterocycles. The summed E-state index contributed by atoms with van der Waals surface area (Å²) in [7, 11) is 0. The van der Waals surface area contributed by atoms with Crippen LogP contribution in [0.1, 0.15) is 23.2 Å². The quantitative estimate of drug-likeness (QED) is 0.444. The Morgan fingerprint density at radius 3 is 2.50 bits per heavy atom. The first-order chi connectivity index (χ1) is 11.6. The fourth-order valence-corrected chi connectivity index (χ4v) is 3.12. The maximum atomic E-state index is 12.0. The number of nitrogens with one attached hydrogen (secondary N) is 2. The number of halogens is 2. The molecule has 2 rings (SSSR count). The summed E-state index contributed by atoms with van der Waals surface area (Å²) in [5.74, 6) is 0.0653. The maximum absolute atomic E-state index is 12.0. The van der Waals surface area contributed by atoms with E-state index in [2.05, 4.69) is 10.9 Å². The van der Waals surface area contributed by atoms with E-state index in [4.69, 9.17) is 23.2 Å². The van der Waals surface area contributed by atoms with Gasteiger partial charge in [0.25, 0.3) is 5.91 Å². The van der Waals surface area contributed by atoms with Gasteiger partial charge in [-0.1, -0.05) is 41.4 Å². The van der Waals surface area contributed by atoms with Crippen LogP contribution in [-0.4, -0.2) is 17.6 Å². The molecule has 0 aliphatic carbocycles. The zero-order valence-electron chi connectivity index (χ0n) is 12.7. The van der Waals surface area contributed by atoms with Crippen LogP contribution in [0.3, 0.4) is 0 Å². The van der Waals surface area contributed by atoms with Crippen LogP contribution < -0.4 is 10.9 Å². The Morgan fingerprint density at radius 2 is 1.75 bits per heavy atom. The Kier molecular flexibility index (Phi) is 7.43. The highest BCUT2D eigenvalue weighted by Gasteiger charge is 2.11. The molecule has 2 aromatic carbocycles. The van der Waals surface area contributed by atoms with Gasteiger partial charge in [0.05, 0.1) is 10.6 Å². The van der Waals surface area contributed by atoms with Gasteiger partial charge in [-0.05, 0) is 42.5 Å². The summed E-state index contributed by atoms with van der Waals surface area (Å²) in [5, 5.41) is 0.666. The van der Waals surface area contributed by atoms with E-state index in [9.17, 15) is 9.59 Å². The average Bonchev–Trinajstić information content (AvgIpc) is 2.59. The average molecular weight is 383 g/mol. The van der Waals surface area contributed by atoms with Crippen LogP contribution in [0, 0.1) is 0 Å². The third kappa shape index (κ3) is 6.07. The molecule has 0 unspecified atom stereocenters. The van der Waals surface area contributed by atoms with Crippen molar-refractivity contribution >= 4 is 46.8 Å². The zero-order valence-corrected chi connectivity index (χ0v) is 15.0. The minimum absolute atomic E-state index is 0.212. The molecule has 7 heteroatoms. The summed E-state index contributed by atoms with van der Waals surface area (Å²) in [6.45, 7) is 0. The normalized spacial score (nSPS) is 10.2. The molecule has 0 radical (unpaired) electrons. The van der Waals surface area contributed by atoms with Crippen molar-refractivity contribution in [1.29, 1.82) is 0 Å². The van der Waals surface area contributed by atoms with Crippen molar-refractivity contribution in [2.75, 3.05) is 5.75 Å². The summed E-state index contributed by atoms with van der Waals surface area (Å²) < 4.78 is 0. The number of hydrogen-bond acceptors (Lipinski definition) is 3. The van der Waals surface area contributed by atoms with E-state index in [-0.39, 0.29) is 16.5 Å². The topological polar surface area (TPSA) is 58.2 Å². The smallest absolute Gasteiger partial charge is 0.271 e. The first-order valence-corrected chi connectivity index (χ1v) is 9.02. The lowest BCUT2D eigenvalue weighted by Crippen LogP contribution is -2.41. The first kappa shape index (κ1) is 18.6. The molecule has 0 saturated heterocycles. The number of carbonyl (C=O) groups is 2. The van der Waals surface area contributed by atoms with Gasteiger partial charge in [-0.25, -0.2) is 0 Å². The van der Waals surface area contributed by atoms with Gasteiger partial charge in [0.15, 0.2) is 0 Å². The second kappa shape index (κ2) is 9.57. The molecule has 0 bridgehead atoms. The summed E-state index contributed by atoms with van der Waals surface area (Å²) >= 11 is 13.5. The first-order valence-electron chi connectivity index (χ1n) is 7.28. The number of benzene rings is 2. The van der Waals surface area contributed by atoms with Crippen molar-refractivity contribution in [1.82, 2.24) is 10.9 Å². The Labute approximate surface area is 154 Å². The highest BCUT2D eigenvalue weighted by atomic mass is 35.5. The second-order valence-corrected chi connectivity index (χ2v) is 6.90. The predicted octanol–water partition coefficient (Wildman–Crippen LogP) is 4.33. The SMILES string of the molecule is O=C(CCCSc1ccccc1)NNC(=O)c1cc(Cl)ccc1Cl. The molecule has 2 N–H and O–H groups in total. The van der Waals surface area contributed by atoms with Crippen molar-refractivity contribution in [3.63, 3.8) is 0 Å². The molecular weight excluding hydrogens is 367 g/mol. The molecule has 0 aliphatic heterocycles. The van der Waals surface area contributed by atoms with E-state index in [1.807, 2.05) is 30.3 Å². The van der Waals surface area contributed by atoms with Crippen LogP contribution in [0.25, 0.3) is 0 Å². The number of rotatable bonds is 6. The van der Waals surface area contributed by atoms with Gasteiger partial charge in [0.1, 0.15) is 0 Å². The minimum atomic E-state index is -0.505. The van der Waals surface area contributed by atoms with Crippen LogP contribution in [0.4, 0.5) is 0 Å². The lowest BCUT2D eigenvalue weighted by atomic mass is 10.2. The number of carbonyl (C=O) groups excluding carboxylic acids is 2. The molecule has 0 fully saturated rings. The monoisotopic (exact) mass is 382 g/mol. The van der Waals surface area contributed by atoms with Crippen LogP contribution in [-0.2, 0) is 4.79 Å². The van der Waals surface area contributed by atoms with Crippen molar-refractivity contribution in [3.8, 4) is 0 Å². The standard InChI is InChI=1S/C17H16Cl2N2O2S/c18-12-8-9-15(19)14(11-12)17(23)21-20-16(22)7-4-10-24-13-5-2-1-3-6-13/h1-3,5-6,8-9,11H,4,7,10H2,(H,20,22)(H,21,23). The van der Waals surface area contributed by atoms with Gasteiger partial charge in [0.2, 0.25) is 5.91 Å². The number of hydrazine groups is 1. The van der Waals surface area contributed by atoms with Gasteiger partial charge >= 0.3 is 0 Å². The van der Waals surface area contributed by atoms with Gasteiger partial charge in [-0.15, -0.1) is 11.8 Å². The third-order valence-electron chi connectivity index (χ3n) is 3.05. The molecule has 0 heterocycles. The highest BCUT2D eigenvalue weighted by molar-refractivity contribution is 7.99. The predicted molar refractivity (Wildman–Crippen MR) is 98.5 cm³/mol. The number of thioether (sulfide) groups is 1. The lowest BCUT2D eigenvalue weighted by Gasteiger charge is -2.09. The molecule has 2 aromatic rings. The van der Waals surface area contributed by atoms with Crippen LogP contribution >= 0.6 is 35.0 Å². The molecule has 0 saturated carbocycles. The molecule has 126 valence electrons. The minimum Gasteiger partial charge on any atom is -0.273 e. The van der Waals surface area contributed by atoms with E-state index in [1.165, 1.54) is 17.0 Å². The molecule has 4 nitrogen and oxygen atoms in total. The highest BCUT2D eigenvalue weighted by Crippen LogP contribution is 2.20. The van der Waals surface area contributed by atoms with Crippen LogP contribution in [0.15, 0.2) is 53.4 Å². The van der Waals surface area contributed by atoms with Gasteiger partial charge in [0, 0.05) is 16.3 Å². The second-order valence-electron chi connectivity index (χ2n) is 4.89. The Morgan fingerprint density at radius 1 is 1.00 bits per heavy atom. The Bertz CT molecular complexity index is 711. The zero-order chi connectivity index (χ0) is 17.4. The van der Waals surface area contributed by atoms with Crippen LogP contribution in [0.5, 0.6) is 0 Å². The Hall–Kier alpha value is -1.69. The van der Waals surface area contributed by atoms with E-state index >= 15 is 0 Å². The van der Waals surface area contributed by atoms with Crippen molar-refractivity contribution in [3.05, 3.63) is 64.1 Å². The van der Waals surface area contributed by atoms with E-state index in [0.29, 0.717) is 17.9 Å². The van der Waals surface area contributed by atoms with Crippen molar-refractivity contribution < 1.29 is 9.59 Å². The lowest BCUT2D eigenvalue weighted by molar-refractivity contribution is -0.121. The third-order valence-corrected chi connectivity index (χ3v) is 4.71. The molecule has 0 atom stereocenters. The number of hydrogen-bond donors (Lipinski definition) is 2. The Balaban J connectivity index is 1.69. The number of amides is 2. The fraction of sp³-hybridized carbons (Fsp3) is 0.176. The van der Waals surface area contributed by atoms with E-state index in [1.54, 1.807) is 17.8 Å². The van der Waals surface area contributed by atoms with Crippen molar-refractivity contribution in [2.45, 2.75) is 17.7 Å².